The van der Waals surface area contributed by atoms with Gasteiger partial charge in [0.15, 0.2) is 4.96 Å². The summed E-state index contributed by atoms with van der Waals surface area (Å²) >= 11 is 1.74. The predicted molar refractivity (Wildman–Crippen MR) is 143 cm³/mol. The molecule has 0 N–H and O–H groups in total. The summed E-state index contributed by atoms with van der Waals surface area (Å²) in [5.74, 6) is 1.11. The number of carbonyl (C=O) groups excluding carboxylic acids is 1. The van der Waals surface area contributed by atoms with Crippen molar-refractivity contribution in [3.63, 3.8) is 0 Å². The Morgan fingerprint density at radius 3 is 2.43 bits per heavy atom. The lowest BCUT2D eigenvalue weighted by Gasteiger charge is -2.36. The van der Waals surface area contributed by atoms with Crippen LogP contribution in [0.15, 0.2) is 42.5 Å². The van der Waals surface area contributed by atoms with Crippen LogP contribution >= 0.6 is 11.3 Å². The van der Waals surface area contributed by atoms with Gasteiger partial charge in [0.05, 0.1) is 28.7 Å². The predicted octanol–water partition coefficient (Wildman–Crippen LogP) is 5.61. The molecule has 35 heavy (non-hydrogen) atoms. The van der Waals surface area contributed by atoms with Crippen molar-refractivity contribution < 1.29 is 9.53 Å². The Hall–Kier alpha value is -2.90. The molecule has 1 aliphatic rings. The van der Waals surface area contributed by atoms with Crippen LogP contribution in [0.1, 0.15) is 38.4 Å². The second kappa shape index (κ2) is 9.28. The van der Waals surface area contributed by atoms with Crippen LogP contribution < -0.4 is 4.74 Å². The minimum atomic E-state index is 0.0169. The summed E-state index contributed by atoms with van der Waals surface area (Å²) in [5.41, 5.74) is 5.80. The van der Waals surface area contributed by atoms with Crippen molar-refractivity contribution in [2.45, 2.75) is 40.7 Å². The maximum Gasteiger partial charge on any atom is 0.223 e. The summed E-state index contributed by atoms with van der Waals surface area (Å²) in [6, 6.07) is 14.8. The number of aromatic nitrogens is 2. The molecule has 0 atom stereocenters. The van der Waals surface area contributed by atoms with Crippen LogP contribution in [0.5, 0.6) is 5.75 Å². The lowest BCUT2D eigenvalue weighted by Crippen LogP contribution is -2.49. The molecule has 0 saturated carbocycles. The van der Waals surface area contributed by atoms with E-state index in [0.29, 0.717) is 6.42 Å². The van der Waals surface area contributed by atoms with E-state index >= 15 is 0 Å². The van der Waals surface area contributed by atoms with Crippen LogP contribution in [-0.4, -0.2) is 58.4 Å². The monoisotopic (exact) mass is 490 g/mol. The molecule has 0 unspecified atom stereocenters. The summed E-state index contributed by atoms with van der Waals surface area (Å²) in [5, 5.41) is 0. The fraction of sp³-hybridized carbons (Fsp3) is 0.429. The Labute approximate surface area is 211 Å². The minimum Gasteiger partial charge on any atom is -0.497 e. The van der Waals surface area contributed by atoms with Crippen molar-refractivity contribution >= 4 is 32.4 Å². The van der Waals surface area contributed by atoms with Gasteiger partial charge in [-0.1, -0.05) is 38.2 Å². The van der Waals surface area contributed by atoms with Gasteiger partial charge in [0.1, 0.15) is 5.75 Å². The van der Waals surface area contributed by atoms with Gasteiger partial charge in [-0.15, -0.1) is 0 Å². The van der Waals surface area contributed by atoms with Crippen molar-refractivity contribution in [3.8, 4) is 17.0 Å². The van der Waals surface area contributed by atoms with E-state index in [-0.39, 0.29) is 11.3 Å². The normalized spacial score (nSPS) is 15.3. The van der Waals surface area contributed by atoms with Gasteiger partial charge in [-0.2, -0.15) is 0 Å². The number of ether oxygens (including phenoxy) is 1. The van der Waals surface area contributed by atoms with E-state index in [1.807, 2.05) is 17.0 Å². The highest BCUT2D eigenvalue weighted by Gasteiger charge is 2.27. The number of methoxy groups -OCH3 is 1. The zero-order valence-electron chi connectivity index (χ0n) is 21.3. The number of thiazole rings is 1. The van der Waals surface area contributed by atoms with E-state index in [9.17, 15) is 4.79 Å². The zero-order valence-corrected chi connectivity index (χ0v) is 22.1. The lowest BCUT2D eigenvalue weighted by molar-refractivity contribution is -0.134. The molecule has 0 radical (unpaired) electrons. The number of rotatable bonds is 5. The SMILES string of the molecule is COc1ccc(-c2nc3sc4cc(C)ccc4n3c2CN2CCN(C(=O)CC(C)(C)C)CC2)cc1. The highest BCUT2D eigenvalue weighted by Crippen LogP contribution is 2.35. The number of amides is 1. The third-order valence-electron chi connectivity index (χ3n) is 6.64. The molecule has 3 heterocycles. The molecule has 2 aromatic carbocycles. The summed E-state index contributed by atoms with van der Waals surface area (Å²) in [6.45, 7) is 12.6. The molecule has 1 saturated heterocycles. The summed E-state index contributed by atoms with van der Waals surface area (Å²) in [4.78, 5) is 23.3. The van der Waals surface area contributed by atoms with Gasteiger partial charge in [0.25, 0.3) is 0 Å². The molecule has 0 spiro atoms. The van der Waals surface area contributed by atoms with Crippen molar-refractivity contribution in [2.75, 3.05) is 33.3 Å². The Kier molecular flexibility index (Phi) is 6.32. The van der Waals surface area contributed by atoms with E-state index in [1.165, 1.54) is 21.5 Å². The molecule has 4 aromatic rings. The van der Waals surface area contributed by atoms with Crippen LogP contribution in [0.25, 0.3) is 26.4 Å². The van der Waals surface area contributed by atoms with E-state index in [1.54, 1.807) is 18.4 Å². The number of imidazole rings is 1. The zero-order chi connectivity index (χ0) is 24.7. The van der Waals surface area contributed by atoms with E-state index in [4.69, 9.17) is 9.72 Å². The molecule has 0 aliphatic carbocycles. The fourth-order valence-electron chi connectivity index (χ4n) is 4.79. The number of piperazine rings is 1. The minimum absolute atomic E-state index is 0.0169. The summed E-state index contributed by atoms with van der Waals surface area (Å²) in [6.07, 6.45) is 0.595. The number of hydrogen-bond donors (Lipinski definition) is 0. The molecule has 7 heteroatoms. The fourth-order valence-corrected chi connectivity index (χ4v) is 5.94. The van der Waals surface area contributed by atoms with Crippen molar-refractivity contribution in [1.29, 1.82) is 0 Å². The molecule has 2 aromatic heterocycles. The second-order valence-electron chi connectivity index (χ2n) is 10.7. The van der Waals surface area contributed by atoms with Gasteiger partial charge in [-0.3, -0.25) is 14.1 Å². The van der Waals surface area contributed by atoms with E-state index < -0.39 is 0 Å². The number of fused-ring (bicyclic) bond motifs is 3. The molecule has 6 nitrogen and oxygen atoms in total. The molecule has 184 valence electrons. The highest BCUT2D eigenvalue weighted by atomic mass is 32.1. The van der Waals surface area contributed by atoms with Crippen LogP contribution in [0.2, 0.25) is 0 Å². The highest BCUT2D eigenvalue weighted by molar-refractivity contribution is 7.23. The second-order valence-corrected chi connectivity index (χ2v) is 11.7. The molecule has 1 aliphatic heterocycles. The maximum absolute atomic E-state index is 12.7. The van der Waals surface area contributed by atoms with Gasteiger partial charge in [0.2, 0.25) is 5.91 Å². The summed E-state index contributed by atoms with van der Waals surface area (Å²) in [7, 11) is 1.69. The molecular formula is C28H34N4O2S. The average Bonchev–Trinajstić information content (AvgIpc) is 3.34. The Balaban J connectivity index is 1.46. The molecule has 0 bridgehead atoms. The summed E-state index contributed by atoms with van der Waals surface area (Å²) < 4.78 is 8.95. The number of nitrogens with zero attached hydrogens (tertiary/aromatic N) is 4. The van der Waals surface area contributed by atoms with E-state index in [2.05, 4.69) is 67.3 Å². The third-order valence-corrected chi connectivity index (χ3v) is 7.65. The van der Waals surface area contributed by atoms with Gasteiger partial charge in [-0.05, 0) is 54.3 Å². The van der Waals surface area contributed by atoms with Gasteiger partial charge < -0.3 is 9.64 Å². The van der Waals surface area contributed by atoms with Crippen LogP contribution in [0.3, 0.4) is 0 Å². The van der Waals surface area contributed by atoms with Gasteiger partial charge in [-0.25, -0.2) is 4.98 Å². The Morgan fingerprint density at radius 2 is 1.77 bits per heavy atom. The van der Waals surface area contributed by atoms with Gasteiger partial charge >= 0.3 is 0 Å². The topological polar surface area (TPSA) is 50.1 Å². The number of aryl methyl sites for hydroxylation is 1. The van der Waals surface area contributed by atoms with Crippen LogP contribution in [-0.2, 0) is 11.3 Å². The number of benzene rings is 2. The quantitative estimate of drug-likeness (QED) is 0.365. The first-order valence-electron chi connectivity index (χ1n) is 12.3. The van der Waals surface area contributed by atoms with Crippen molar-refractivity contribution in [1.82, 2.24) is 19.2 Å². The molecule has 1 fully saturated rings. The first-order valence-corrected chi connectivity index (χ1v) is 13.1. The number of hydrogen-bond acceptors (Lipinski definition) is 5. The third kappa shape index (κ3) is 4.93. The molecular weight excluding hydrogens is 456 g/mol. The number of carbonyl (C=O) groups is 1. The van der Waals surface area contributed by atoms with Gasteiger partial charge in [0, 0.05) is 44.7 Å². The van der Waals surface area contributed by atoms with Crippen molar-refractivity contribution in [2.24, 2.45) is 5.41 Å². The van der Waals surface area contributed by atoms with Crippen molar-refractivity contribution in [3.05, 3.63) is 53.7 Å². The first kappa shape index (κ1) is 23.8. The first-order chi connectivity index (χ1) is 16.7. The Morgan fingerprint density at radius 1 is 1.06 bits per heavy atom. The Bertz CT molecular complexity index is 1360. The smallest absolute Gasteiger partial charge is 0.223 e. The van der Waals surface area contributed by atoms with E-state index in [0.717, 1.165) is 54.7 Å². The molecule has 1 amide bonds. The molecule has 5 rings (SSSR count). The average molecular weight is 491 g/mol. The van der Waals surface area contributed by atoms with Crippen LogP contribution in [0, 0.1) is 12.3 Å². The largest absolute Gasteiger partial charge is 0.497 e. The maximum atomic E-state index is 12.7. The lowest BCUT2D eigenvalue weighted by atomic mass is 9.91. The standard InChI is InChI=1S/C28H34N4O2S/c1-19-6-11-22-24(16-19)35-27-29-26(20-7-9-21(34-5)10-8-20)23(32(22)27)18-30-12-14-31(15-13-30)25(33)17-28(2,3)4/h6-11,16H,12-15,17-18H2,1-5H3. The van der Waals surface area contributed by atoms with Crippen LogP contribution in [0.4, 0.5) is 0 Å².